The lowest BCUT2D eigenvalue weighted by Gasteiger charge is -2.11. The van der Waals surface area contributed by atoms with Crippen LogP contribution in [0.3, 0.4) is 0 Å². The average Bonchev–Trinajstić information content (AvgIpc) is 3.25. The van der Waals surface area contributed by atoms with Crippen molar-refractivity contribution in [2.45, 2.75) is 38.9 Å². The third kappa shape index (κ3) is 3.27. The second kappa shape index (κ2) is 6.59. The lowest BCUT2D eigenvalue weighted by Crippen LogP contribution is -2.13. The maximum atomic E-state index is 4.73. The minimum absolute atomic E-state index is 0.781. The first-order chi connectivity index (χ1) is 11.3. The number of nitrogens with one attached hydrogen (secondary N) is 2. The van der Waals surface area contributed by atoms with Crippen molar-refractivity contribution >= 4 is 27.3 Å². The second-order valence-electron chi connectivity index (χ2n) is 5.78. The van der Waals surface area contributed by atoms with Gasteiger partial charge in [-0.25, -0.2) is 4.98 Å². The van der Waals surface area contributed by atoms with Gasteiger partial charge in [0, 0.05) is 37.8 Å². The van der Waals surface area contributed by atoms with Crippen LogP contribution < -0.4 is 5.32 Å². The zero-order valence-corrected chi connectivity index (χ0v) is 15.1. The highest BCUT2D eigenvalue weighted by atomic mass is 79.9. The molecule has 0 saturated carbocycles. The van der Waals surface area contributed by atoms with Crippen LogP contribution in [0.5, 0.6) is 0 Å². The van der Waals surface area contributed by atoms with E-state index in [1.54, 1.807) is 11.3 Å². The van der Waals surface area contributed by atoms with Gasteiger partial charge in [-0.2, -0.15) is 5.10 Å². The number of hydrogen-bond acceptors (Lipinski definition) is 4. The monoisotopic (exact) mass is 391 g/mol. The number of H-pyrrole nitrogens is 1. The van der Waals surface area contributed by atoms with Gasteiger partial charge < -0.3 is 9.88 Å². The molecule has 0 unspecified atom stereocenters. The number of rotatable bonds is 5. The van der Waals surface area contributed by atoms with Crippen LogP contribution in [0.15, 0.2) is 28.3 Å². The van der Waals surface area contributed by atoms with E-state index in [1.807, 2.05) is 6.20 Å². The molecule has 0 bridgehead atoms. The van der Waals surface area contributed by atoms with Gasteiger partial charge >= 0.3 is 0 Å². The number of hydrogen-bond donors (Lipinski definition) is 2. The molecule has 0 aliphatic carbocycles. The summed E-state index contributed by atoms with van der Waals surface area (Å²) < 4.78 is 3.43. The molecule has 1 aliphatic rings. The number of aromatic nitrogens is 4. The van der Waals surface area contributed by atoms with Gasteiger partial charge in [0.25, 0.3) is 0 Å². The molecule has 0 fully saturated rings. The highest BCUT2D eigenvalue weighted by molar-refractivity contribution is 9.11. The molecule has 2 N–H and O–H groups in total. The first-order valence-electron chi connectivity index (χ1n) is 7.83. The summed E-state index contributed by atoms with van der Waals surface area (Å²) in [6.45, 7) is 2.68. The molecular weight excluding hydrogens is 374 g/mol. The van der Waals surface area contributed by atoms with Crippen molar-refractivity contribution in [1.82, 2.24) is 25.1 Å². The molecule has 0 spiro atoms. The third-order valence-electron chi connectivity index (χ3n) is 4.12. The fraction of sp³-hybridized carbons (Fsp3) is 0.375. The van der Waals surface area contributed by atoms with Crippen molar-refractivity contribution in [3.63, 3.8) is 0 Å². The van der Waals surface area contributed by atoms with Crippen molar-refractivity contribution < 1.29 is 0 Å². The molecule has 1 aliphatic heterocycles. The normalized spacial score (nSPS) is 14.1. The van der Waals surface area contributed by atoms with Crippen LogP contribution in [0.1, 0.15) is 29.9 Å². The van der Waals surface area contributed by atoms with E-state index in [2.05, 4.69) is 54.3 Å². The number of aromatic amines is 1. The molecule has 3 aromatic rings. The Kier molecular flexibility index (Phi) is 4.33. The van der Waals surface area contributed by atoms with Gasteiger partial charge in [-0.1, -0.05) is 0 Å². The minimum atomic E-state index is 0.781. The Hall–Kier alpha value is -1.44. The Morgan fingerprint density at radius 3 is 3.09 bits per heavy atom. The fourth-order valence-corrected chi connectivity index (χ4v) is 4.41. The Bertz CT molecular complexity index is 780. The van der Waals surface area contributed by atoms with Gasteiger partial charge in [-0.15, -0.1) is 11.3 Å². The van der Waals surface area contributed by atoms with Crippen LogP contribution in [0.25, 0.3) is 10.6 Å². The number of fused-ring (bicyclic) bond motifs is 1. The van der Waals surface area contributed by atoms with E-state index in [0.29, 0.717) is 0 Å². The van der Waals surface area contributed by atoms with Crippen LogP contribution in [0.4, 0.5) is 0 Å². The van der Waals surface area contributed by atoms with Gasteiger partial charge in [0.2, 0.25) is 0 Å². The van der Waals surface area contributed by atoms with E-state index in [4.69, 9.17) is 4.98 Å². The molecule has 5 nitrogen and oxygen atoms in total. The van der Waals surface area contributed by atoms with E-state index >= 15 is 0 Å². The summed E-state index contributed by atoms with van der Waals surface area (Å²) in [7, 11) is 0. The van der Waals surface area contributed by atoms with E-state index in [9.17, 15) is 0 Å². The zero-order valence-electron chi connectivity index (χ0n) is 12.7. The fourth-order valence-electron chi connectivity index (χ4n) is 2.99. The Morgan fingerprint density at radius 2 is 2.26 bits per heavy atom. The Balaban J connectivity index is 1.40. The third-order valence-corrected chi connectivity index (χ3v) is 5.76. The highest BCUT2D eigenvalue weighted by Crippen LogP contribution is 2.31. The maximum absolute atomic E-state index is 4.73. The largest absolute Gasteiger partial charge is 0.335 e. The molecule has 0 radical (unpaired) electrons. The summed E-state index contributed by atoms with van der Waals surface area (Å²) in [4.78, 5) is 5.92. The predicted octanol–water partition coefficient (Wildman–Crippen LogP) is 3.72. The van der Waals surface area contributed by atoms with Crippen LogP contribution in [0, 0.1) is 0 Å². The van der Waals surface area contributed by atoms with Crippen molar-refractivity contribution in [3.8, 4) is 10.6 Å². The molecule has 0 atom stereocenters. The lowest BCUT2D eigenvalue weighted by atomic mass is 10.2. The number of halogens is 1. The topological polar surface area (TPSA) is 58.5 Å². The molecular formula is C16H18BrN5S. The maximum Gasteiger partial charge on any atom is 0.109 e. The summed E-state index contributed by atoms with van der Waals surface area (Å²) in [5.41, 5.74) is 3.41. The Labute approximate surface area is 147 Å². The molecule has 4 rings (SSSR count). The van der Waals surface area contributed by atoms with Gasteiger partial charge in [0.05, 0.1) is 26.2 Å². The highest BCUT2D eigenvalue weighted by Gasteiger charge is 2.13. The quantitative estimate of drug-likeness (QED) is 0.696. The number of nitrogens with zero attached hydrogens (tertiary/aromatic N) is 3. The average molecular weight is 392 g/mol. The molecule has 0 aromatic carbocycles. The molecule has 0 saturated heterocycles. The standard InChI is InChI=1S/C16H18BrN5S/c17-14-5-4-13(23-14)16-11(8-19-21-16)7-18-9-12-10-22-6-2-1-3-15(22)20-12/h4-5,8,10,18H,1-3,6-7,9H2,(H,19,21). The van der Waals surface area contributed by atoms with E-state index in [0.717, 1.165) is 41.2 Å². The molecule has 4 heterocycles. The predicted molar refractivity (Wildman–Crippen MR) is 95.3 cm³/mol. The molecule has 0 amide bonds. The Morgan fingerprint density at radius 1 is 1.30 bits per heavy atom. The molecule has 3 aromatic heterocycles. The first-order valence-corrected chi connectivity index (χ1v) is 9.44. The van der Waals surface area contributed by atoms with Crippen molar-refractivity contribution in [1.29, 1.82) is 0 Å². The SMILES string of the molecule is Brc1ccc(-c2[nH]ncc2CNCc2cn3c(n2)CCCC3)s1. The lowest BCUT2D eigenvalue weighted by molar-refractivity contribution is 0.522. The second-order valence-corrected chi connectivity index (χ2v) is 8.24. The van der Waals surface area contributed by atoms with Crippen LogP contribution >= 0.6 is 27.3 Å². The van der Waals surface area contributed by atoms with Crippen molar-refractivity contribution in [2.24, 2.45) is 0 Å². The summed E-state index contributed by atoms with van der Waals surface area (Å²) in [6, 6.07) is 4.17. The summed E-state index contributed by atoms with van der Waals surface area (Å²) >= 11 is 5.22. The van der Waals surface area contributed by atoms with Gasteiger partial charge in [0.1, 0.15) is 5.82 Å². The zero-order chi connectivity index (χ0) is 15.6. The van der Waals surface area contributed by atoms with Crippen LogP contribution in [-0.4, -0.2) is 19.7 Å². The summed E-state index contributed by atoms with van der Waals surface area (Å²) in [5.74, 6) is 1.24. The van der Waals surface area contributed by atoms with Crippen molar-refractivity contribution in [3.05, 3.63) is 45.4 Å². The molecule has 23 heavy (non-hydrogen) atoms. The molecule has 7 heteroatoms. The smallest absolute Gasteiger partial charge is 0.109 e. The first kappa shape index (κ1) is 15.1. The van der Waals surface area contributed by atoms with E-state index in [1.165, 1.54) is 29.1 Å². The van der Waals surface area contributed by atoms with Gasteiger partial charge in [-0.3, -0.25) is 5.10 Å². The number of aryl methyl sites for hydroxylation is 2. The van der Waals surface area contributed by atoms with Gasteiger partial charge in [0.15, 0.2) is 0 Å². The van der Waals surface area contributed by atoms with E-state index in [-0.39, 0.29) is 0 Å². The van der Waals surface area contributed by atoms with Crippen LogP contribution in [-0.2, 0) is 26.1 Å². The van der Waals surface area contributed by atoms with Gasteiger partial charge in [-0.05, 0) is 40.9 Å². The summed E-state index contributed by atoms with van der Waals surface area (Å²) in [6.07, 6.45) is 7.73. The van der Waals surface area contributed by atoms with Crippen molar-refractivity contribution in [2.75, 3.05) is 0 Å². The molecule has 120 valence electrons. The minimum Gasteiger partial charge on any atom is -0.335 e. The summed E-state index contributed by atoms with van der Waals surface area (Å²) in [5, 5.41) is 10.8. The van der Waals surface area contributed by atoms with Crippen LogP contribution in [0.2, 0.25) is 0 Å². The number of thiophene rings is 1. The number of imidazole rings is 1. The van der Waals surface area contributed by atoms with E-state index < -0.39 is 0 Å².